The maximum Gasteiger partial charge on any atom is 0.251 e. The van der Waals surface area contributed by atoms with Gasteiger partial charge in [-0.2, -0.15) is 0 Å². The number of amides is 1. The minimum atomic E-state index is -0.0270. The smallest absolute Gasteiger partial charge is 0.251 e. The van der Waals surface area contributed by atoms with Gasteiger partial charge in [0, 0.05) is 18.7 Å². The van der Waals surface area contributed by atoms with Gasteiger partial charge in [0.05, 0.1) is 13.2 Å². The molecule has 2 aromatic rings. The van der Waals surface area contributed by atoms with Crippen molar-refractivity contribution >= 4 is 5.91 Å². The fraction of sp³-hybridized carbons (Fsp3) is 0.458. The minimum Gasteiger partial charge on any atom is -0.497 e. The van der Waals surface area contributed by atoms with E-state index in [1.807, 2.05) is 36.4 Å². The summed E-state index contributed by atoms with van der Waals surface area (Å²) in [6.45, 7) is 7.72. The zero-order valence-electron chi connectivity index (χ0n) is 17.3. The van der Waals surface area contributed by atoms with Crippen molar-refractivity contribution in [2.24, 2.45) is 5.92 Å². The van der Waals surface area contributed by atoms with Crippen molar-refractivity contribution in [3.05, 3.63) is 65.2 Å². The van der Waals surface area contributed by atoms with Crippen molar-refractivity contribution in [2.75, 3.05) is 20.2 Å². The van der Waals surface area contributed by atoms with Crippen molar-refractivity contribution < 1.29 is 9.53 Å². The lowest BCUT2D eigenvalue weighted by atomic mass is 9.99. The second kappa shape index (κ2) is 9.74. The first-order chi connectivity index (χ1) is 13.6. The third kappa shape index (κ3) is 5.35. The van der Waals surface area contributed by atoms with Crippen LogP contribution >= 0.6 is 0 Å². The van der Waals surface area contributed by atoms with E-state index < -0.39 is 0 Å². The summed E-state index contributed by atoms with van der Waals surface area (Å²) >= 11 is 0. The van der Waals surface area contributed by atoms with E-state index in [1.54, 1.807) is 7.11 Å². The SMILES string of the molecule is CC[C@@H](NC(=O)c1ccc(CN2CCC[C@@H](C)C2)cc1)c1ccc(OC)cc1. The molecule has 1 aliphatic rings. The Bertz CT molecular complexity index is 755. The largest absolute Gasteiger partial charge is 0.497 e. The second-order valence-electron chi connectivity index (χ2n) is 7.89. The van der Waals surface area contributed by atoms with Crippen LogP contribution in [0.5, 0.6) is 5.75 Å². The van der Waals surface area contributed by atoms with Crippen LogP contribution in [0.25, 0.3) is 0 Å². The van der Waals surface area contributed by atoms with Gasteiger partial charge in [-0.25, -0.2) is 0 Å². The lowest BCUT2D eigenvalue weighted by molar-refractivity contribution is 0.0935. The van der Waals surface area contributed by atoms with Gasteiger partial charge in [0.15, 0.2) is 0 Å². The molecule has 1 fully saturated rings. The van der Waals surface area contributed by atoms with E-state index in [1.165, 1.54) is 31.5 Å². The Balaban J connectivity index is 1.59. The standard InChI is InChI=1S/C24H32N2O2/c1-4-23(20-11-13-22(28-3)14-12-20)25-24(27)21-9-7-19(8-10-21)17-26-15-5-6-18(2)16-26/h7-14,18,23H,4-6,15-17H2,1-3H3,(H,25,27)/t18-,23-/m1/s1. The summed E-state index contributed by atoms with van der Waals surface area (Å²) in [6.07, 6.45) is 3.46. The number of benzene rings is 2. The van der Waals surface area contributed by atoms with Crippen LogP contribution in [0.2, 0.25) is 0 Å². The highest BCUT2D eigenvalue weighted by atomic mass is 16.5. The van der Waals surface area contributed by atoms with E-state index in [-0.39, 0.29) is 11.9 Å². The molecule has 0 saturated carbocycles. The first-order valence-corrected chi connectivity index (χ1v) is 10.3. The number of methoxy groups -OCH3 is 1. The highest BCUT2D eigenvalue weighted by Gasteiger charge is 2.17. The van der Waals surface area contributed by atoms with Gasteiger partial charge in [-0.1, -0.05) is 38.1 Å². The quantitative estimate of drug-likeness (QED) is 0.750. The summed E-state index contributed by atoms with van der Waals surface area (Å²) in [4.78, 5) is 15.2. The van der Waals surface area contributed by atoms with E-state index in [2.05, 4.69) is 36.2 Å². The van der Waals surface area contributed by atoms with Crippen LogP contribution < -0.4 is 10.1 Å². The zero-order chi connectivity index (χ0) is 19.9. The Kier molecular flexibility index (Phi) is 7.10. The van der Waals surface area contributed by atoms with Crippen LogP contribution in [-0.2, 0) is 6.54 Å². The van der Waals surface area contributed by atoms with Gasteiger partial charge in [-0.3, -0.25) is 9.69 Å². The molecule has 3 rings (SSSR count). The monoisotopic (exact) mass is 380 g/mol. The van der Waals surface area contributed by atoms with E-state index >= 15 is 0 Å². The molecule has 0 aromatic heterocycles. The molecule has 1 heterocycles. The highest BCUT2D eigenvalue weighted by Crippen LogP contribution is 2.21. The molecule has 0 aliphatic carbocycles. The summed E-state index contributed by atoms with van der Waals surface area (Å²) in [5.41, 5.74) is 3.07. The Morgan fingerprint density at radius 2 is 1.89 bits per heavy atom. The van der Waals surface area contributed by atoms with Crippen LogP contribution in [-0.4, -0.2) is 31.0 Å². The molecular weight excluding hydrogens is 348 g/mol. The van der Waals surface area contributed by atoms with E-state index in [0.717, 1.165) is 30.2 Å². The topological polar surface area (TPSA) is 41.6 Å². The summed E-state index contributed by atoms with van der Waals surface area (Å²) in [5, 5.41) is 3.15. The molecule has 28 heavy (non-hydrogen) atoms. The maximum atomic E-state index is 12.7. The van der Waals surface area contributed by atoms with Crippen LogP contribution in [0.15, 0.2) is 48.5 Å². The Morgan fingerprint density at radius 3 is 2.50 bits per heavy atom. The van der Waals surface area contributed by atoms with Crippen molar-refractivity contribution in [1.29, 1.82) is 0 Å². The number of likely N-dealkylation sites (tertiary alicyclic amines) is 1. The van der Waals surface area contributed by atoms with E-state index in [4.69, 9.17) is 4.74 Å². The summed E-state index contributed by atoms with van der Waals surface area (Å²) < 4.78 is 5.21. The average Bonchev–Trinajstić information content (AvgIpc) is 2.72. The molecule has 0 spiro atoms. The number of nitrogens with one attached hydrogen (secondary N) is 1. The Labute approximate surface area is 168 Å². The molecule has 150 valence electrons. The van der Waals surface area contributed by atoms with E-state index in [0.29, 0.717) is 5.56 Å². The summed E-state index contributed by atoms with van der Waals surface area (Å²) in [5.74, 6) is 1.58. The number of hydrogen-bond donors (Lipinski definition) is 1. The molecule has 2 atom stereocenters. The fourth-order valence-corrected chi connectivity index (χ4v) is 3.95. The van der Waals surface area contributed by atoms with Crippen molar-refractivity contribution in [3.63, 3.8) is 0 Å². The molecule has 1 saturated heterocycles. The molecule has 2 aromatic carbocycles. The molecule has 0 unspecified atom stereocenters. The van der Waals surface area contributed by atoms with Crippen LogP contribution in [0.1, 0.15) is 60.6 Å². The minimum absolute atomic E-state index is 0.00656. The number of carbonyl (C=O) groups excluding carboxylic acids is 1. The number of nitrogens with zero attached hydrogens (tertiary/aromatic N) is 1. The third-order valence-corrected chi connectivity index (χ3v) is 5.60. The predicted octanol–water partition coefficient (Wildman–Crippen LogP) is 4.81. The number of ether oxygens (including phenoxy) is 1. The van der Waals surface area contributed by atoms with Gasteiger partial charge in [0.1, 0.15) is 5.75 Å². The van der Waals surface area contributed by atoms with Gasteiger partial charge in [0.2, 0.25) is 0 Å². The van der Waals surface area contributed by atoms with Gasteiger partial charge in [-0.15, -0.1) is 0 Å². The molecule has 4 nitrogen and oxygen atoms in total. The van der Waals surface area contributed by atoms with Crippen LogP contribution in [0.4, 0.5) is 0 Å². The third-order valence-electron chi connectivity index (χ3n) is 5.60. The fourth-order valence-electron chi connectivity index (χ4n) is 3.95. The summed E-state index contributed by atoms with van der Waals surface area (Å²) in [7, 11) is 1.66. The molecule has 0 radical (unpaired) electrons. The zero-order valence-corrected chi connectivity index (χ0v) is 17.3. The van der Waals surface area contributed by atoms with Crippen molar-refractivity contribution in [1.82, 2.24) is 10.2 Å². The van der Waals surface area contributed by atoms with Gasteiger partial charge in [-0.05, 0) is 67.1 Å². The van der Waals surface area contributed by atoms with Gasteiger partial charge in [0.25, 0.3) is 5.91 Å². The molecule has 1 N–H and O–H groups in total. The lowest BCUT2D eigenvalue weighted by Crippen LogP contribution is -2.33. The van der Waals surface area contributed by atoms with Gasteiger partial charge < -0.3 is 10.1 Å². The molecule has 1 aliphatic heterocycles. The molecular formula is C24H32N2O2. The maximum absolute atomic E-state index is 12.7. The Hall–Kier alpha value is -2.33. The Morgan fingerprint density at radius 1 is 1.18 bits per heavy atom. The predicted molar refractivity (Wildman–Crippen MR) is 114 cm³/mol. The van der Waals surface area contributed by atoms with E-state index in [9.17, 15) is 4.79 Å². The number of hydrogen-bond acceptors (Lipinski definition) is 3. The first-order valence-electron chi connectivity index (χ1n) is 10.3. The second-order valence-corrected chi connectivity index (χ2v) is 7.89. The van der Waals surface area contributed by atoms with Crippen LogP contribution in [0, 0.1) is 5.92 Å². The average molecular weight is 381 g/mol. The molecule has 1 amide bonds. The summed E-state index contributed by atoms with van der Waals surface area (Å²) in [6, 6.07) is 15.9. The highest BCUT2D eigenvalue weighted by molar-refractivity contribution is 5.94. The van der Waals surface area contributed by atoms with Gasteiger partial charge >= 0.3 is 0 Å². The van der Waals surface area contributed by atoms with Crippen molar-refractivity contribution in [2.45, 2.75) is 45.7 Å². The number of rotatable bonds is 7. The molecule has 4 heteroatoms. The normalized spacial score (nSPS) is 18.5. The number of piperidine rings is 1. The molecule has 0 bridgehead atoms. The lowest BCUT2D eigenvalue weighted by Gasteiger charge is -2.30. The number of carbonyl (C=O) groups is 1. The first kappa shape index (κ1) is 20.4. The van der Waals surface area contributed by atoms with Crippen LogP contribution in [0.3, 0.4) is 0 Å². The van der Waals surface area contributed by atoms with Crippen molar-refractivity contribution in [3.8, 4) is 5.75 Å².